The Labute approximate surface area is 239 Å². The van der Waals surface area contributed by atoms with Gasteiger partial charge < -0.3 is 10.2 Å². The van der Waals surface area contributed by atoms with Crippen molar-refractivity contribution < 1.29 is 31.2 Å². The van der Waals surface area contributed by atoms with Gasteiger partial charge in [-0.3, -0.25) is 13.9 Å². The molecule has 0 heterocycles. The second-order valence-corrected chi connectivity index (χ2v) is 11.6. The fourth-order valence-corrected chi connectivity index (χ4v) is 5.52. The third kappa shape index (κ3) is 8.32. The third-order valence-electron chi connectivity index (χ3n) is 6.54. The third-order valence-corrected chi connectivity index (χ3v) is 8.33. The zero-order valence-electron chi connectivity index (χ0n) is 23.2. The molecule has 41 heavy (non-hydrogen) atoms. The highest BCUT2D eigenvalue weighted by atomic mass is 32.2. The number of halogens is 3. The highest BCUT2D eigenvalue weighted by Gasteiger charge is 2.35. The first-order valence-electron chi connectivity index (χ1n) is 13.2. The highest BCUT2D eigenvalue weighted by molar-refractivity contribution is 7.92. The first-order chi connectivity index (χ1) is 19.3. The van der Waals surface area contributed by atoms with Crippen molar-refractivity contribution in [3.63, 3.8) is 0 Å². The largest absolute Gasteiger partial charge is 0.416 e. The summed E-state index contributed by atoms with van der Waals surface area (Å²) in [6.07, 6.45) is -3.14. The van der Waals surface area contributed by atoms with Crippen LogP contribution in [0.15, 0.2) is 83.8 Å². The standard InChI is InChI=1S/C30H34F3N3O4S/c1-4-5-18-34-29(38)23(3)35(20-24-16-14-22(2)15-17-24)28(37)21-36(41(39,40)27-12-7-6-8-13-27)26-11-9-10-25(19-26)30(31,32)33/h6-17,19,23H,4-5,18,20-21H2,1-3H3,(H,34,38). The quantitative estimate of drug-likeness (QED) is 0.281. The second kappa shape index (κ2) is 13.7. The molecule has 0 spiro atoms. The van der Waals surface area contributed by atoms with Gasteiger partial charge >= 0.3 is 6.18 Å². The summed E-state index contributed by atoms with van der Waals surface area (Å²) in [5.74, 6) is -1.17. The van der Waals surface area contributed by atoms with Crippen LogP contribution >= 0.6 is 0 Å². The highest BCUT2D eigenvalue weighted by Crippen LogP contribution is 2.33. The molecule has 1 unspecified atom stereocenters. The fraction of sp³-hybridized carbons (Fsp3) is 0.333. The summed E-state index contributed by atoms with van der Waals surface area (Å²) in [6, 6.07) is 17.3. The van der Waals surface area contributed by atoms with Crippen molar-refractivity contribution in [3.05, 3.63) is 95.6 Å². The molecule has 3 rings (SSSR count). The van der Waals surface area contributed by atoms with Crippen LogP contribution in [0, 0.1) is 6.92 Å². The van der Waals surface area contributed by atoms with Gasteiger partial charge in [-0.15, -0.1) is 0 Å². The molecule has 0 aliphatic rings. The summed E-state index contributed by atoms with van der Waals surface area (Å²) in [5, 5.41) is 2.79. The Morgan fingerprint density at radius 2 is 1.61 bits per heavy atom. The first-order valence-corrected chi connectivity index (χ1v) is 14.7. The number of benzene rings is 3. The molecule has 7 nitrogen and oxygen atoms in total. The van der Waals surface area contributed by atoms with E-state index >= 15 is 0 Å². The minimum Gasteiger partial charge on any atom is -0.354 e. The maximum absolute atomic E-state index is 13.9. The van der Waals surface area contributed by atoms with Crippen LogP contribution in [-0.2, 0) is 32.3 Å². The Bertz CT molecular complexity index is 1430. The van der Waals surface area contributed by atoms with E-state index in [0.717, 1.165) is 30.5 Å². The number of aryl methyl sites for hydroxylation is 1. The van der Waals surface area contributed by atoms with Gasteiger partial charge in [0.2, 0.25) is 11.8 Å². The van der Waals surface area contributed by atoms with Crippen LogP contribution in [0.5, 0.6) is 0 Å². The van der Waals surface area contributed by atoms with E-state index in [1.54, 1.807) is 18.2 Å². The normalized spacial score (nSPS) is 12.4. The number of nitrogens with one attached hydrogen (secondary N) is 1. The Balaban J connectivity index is 2.04. The van der Waals surface area contributed by atoms with E-state index in [0.29, 0.717) is 22.5 Å². The molecule has 3 aromatic carbocycles. The van der Waals surface area contributed by atoms with Gasteiger partial charge in [-0.1, -0.05) is 67.4 Å². The number of alkyl halides is 3. The summed E-state index contributed by atoms with van der Waals surface area (Å²) in [5.41, 5.74) is 0.304. The molecule has 0 saturated heterocycles. The zero-order chi connectivity index (χ0) is 30.2. The predicted molar refractivity (Wildman–Crippen MR) is 152 cm³/mol. The lowest BCUT2D eigenvalue weighted by molar-refractivity contribution is -0.139. The van der Waals surface area contributed by atoms with E-state index in [2.05, 4.69) is 5.32 Å². The summed E-state index contributed by atoms with van der Waals surface area (Å²) in [7, 11) is -4.47. The van der Waals surface area contributed by atoms with E-state index in [4.69, 9.17) is 0 Å². The van der Waals surface area contributed by atoms with E-state index < -0.39 is 46.2 Å². The second-order valence-electron chi connectivity index (χ2n) is 9.70. The summed E-state index contributed by atoms with van der Waals surface area (Å²) in [4.78, 5) is 27.9. The van der Waals surface area contributed by atoms with Gasteiger partial charge in [0.05, 0.1) is 16.1 Å². The fourth-order valence-electron chi connectivity index (χ4n) is 4.09. The van der Waals surface area contributed by atoms with Gasteiger partial charge in [0.1, 0.15) is 12.6 Å². The van der Waals surface area contributed by atoms with Gasteiger partial charge in [0.25, 0.3) is 10.0 Å². The average molecular weight is 590 g/mol. The van der Waals surface area contributed by atoms with Crippen LogP contribution in [0.25, 0.3) is 0 Å². The molecule has 220 valence electrons. The molecule has 0 radical (unpaired) electrons. The van der Waals surface area contributed by atoms with Crippen LogP contribution in [0.3, 0.4) is 0 Å². The molecule has 0 aliphatic heterocycles. The van der Waals surface area contributed by atoms with Crippen LogP contribution in [-0.4, -0.2) is 44.3 Å². The van der Waals surface area contributed by atoms with Gasteiger partial charge in [-0.2, -0.15) is 13.2 Å². The lowest BCUT2D eigenvalue weighted by Crippen LogP contribution is -2.51. The molecule has 0 bridgehead atoms. The molecule has 0 aromatic heterocycles. The number of hydrogen-bond acceptors (Lipinski definition) is 4. The predicted octanol–water partition coefficient (Wildman–Crippen LogP) is 5.54. The van der Waals surface area contributed by atoms with Crippen LogP contribution in [0.2, 0.25) is 0 Å². The number of hydrogen-bond donors (Lipinski definition) is 1. The molecule has 0 saturated carbocycles. The number of sulfonamides is 1. The monoisotopic (exact) mass is 589 g/mol. The molecular formula is C30H34F3N3O4S. The Kier molecular flexibility index (Phi) is 10.6. The number of anilines is 1. The minimum absolute atomic E-state index is 0.0106. The number of unbranched alkanes of at least 4 members (excludes halogenated alkanes) is 1. The summed E-state index contributed by atoms with van der Waals surface area (Å²) >= 11 is 0. The molecule has 2 amide bonds. The molecule has 0 fully saturated rings. The molecule has 11 heteroatoms. The van der Waals surface area contributed by atoms with Crippen molar-refractivity contribution in [2.45, 2.75) is 57.3 Å². The maximum atomic E-state index is 13.9. The van der Waals surface area contributed by atoms with Crippen molar-refractivity contribution in [2.24, 2.45) is 0 Å². The lowest BCUT2D eigenvalue weighted by Gasteiger charge is -2.32. The number of carbonyl (C=O) groups excluding carboxylic acids is 2. The minimum atomic E-state index is -4.73. The number of carbonyl (C=O) groups is 2. The van der Waals surface area contributed by atoms with Crippen molar-refractivity contribution in [1.29, 1.82) is 0 Å². The van der Waals surface area contributed by atoms with Crippen LogP contribution < -0.4 is 9.62 Å². The van der Waals surface area contributed by atoms with Crippen LogP contribution in [0.4, 0.5) is 18.9 Å². The number of nitrogens with zero attached hydrogens (tertiary/aromatic N) is 2. The molecule has 3 aromatic rings. The Hall–Kier alpha value is -3.86. The Morgan fingerprint density at radius 3 is 2.22 bits per heavy atom. The first kappa shape index (κ1) is 31.7. The molecule has 1 N–H and O–H groups in total. The smallest absolute Gasteiger partial charge is 0.354 e. The zero-order valence-corrected chi connectivity index (χ0v) is 24.0. The van der Waals surface area contributed by atoms with Crippen molar-refractivity contribution in [3.8, 4) is 0 Å². The average Bonchev–Trinajstić information content (AvgIpc) is 2.95. The topological polar surface area (TPSA) is 86.8 Å². The van der Waals surface area contributed by atoms with Gasteiger partial charge in [0, 0.05) is 13.1 Å². The molecular weight excluding hydrogens is 555 g/mol. The van der Waals surface area contributed by atoms with Gasteiger partial charge in [-0.25, -0.2) is 8.42 Å². The molecule has 0 aliphatic carbocycles. The van der Waals surface area contributed by atoms with Gasteiger partial charge in [-0.05, 0) is 56.2 Å². The van der Waals surface area contributed by atoms with Crippen LogP contribution in [0.1, 0.15) is 43.4 Å². The summed E-state index contributed by atoms with van der Waals surface area (Å²) in [6.45, 7) is 4.98. The maximum Gasteiger partial charge on any atom is 0.416 e. The van der Waals surface area contributed by atoms with E-state index in [-0.39, 0.29) is 17.1 Å². The number of amides is 2. The summed E-state index contributed by atoms with van der Waals surface area (Å²) < 4.78 is 68.7. The SMILES string of the molecule is CCCCNC(=O)C(C)N(Cc1ccc(C)cc1)C(=O)CN(c1cccc(C(F)(F)F)c1)S(=O)(=O)c1ccccc1. The van der Waals surface area contributed by atoms with Crippen molar-refractivity contribution >= 4 is 27.5 Å². The van der Waals surface area contributed by atoms with E-state index in [1.165, 1.54) is 42.2 Å². The van der Waals surface area contributed by atoms with Gasteiger partial charge in [0.15, 0.2) is 0 Å². The van der Waals surface area contributed by atoms with E-state index in [1.807, 2.05) is 26.0 Å². The Morgan fingerprint density at radius 1 is 0.951 bits per heavy atom. The van der Waals surface area contributed by atoms with E-state index in [9.17, 15) is 31.2 Å². The molecule has 1 atom stereocenters. The van der Waals surface area contributed by atoms with Crippen molar-refractivity contribution in [2.75, 3.05) is 17.4 Å². The van der Waals surface area contributed by atoms with Crippen molar-refractivity contribution in [1.82, 2.24) is 10.2 Å². The lowest BCUT2D eigenvalue weighted by atomic mass is 10.1. The number of rotatable bonds is 12.